The van der Waals surface area contributed by atoms with Gasteiger partial charge < -0.3 is 18.7 Å². The van der Waals surface area contributed by atoms with Crippen LogP contribution in [-0.4, -0.2) is 67.2 Å². The third kappa shape index (κ3) is 5.26. The van der Waals surface area contributed by atoms with E-state index in [2.05, 4.69) is 58.3 Å². The molecule has 2 aliphatic heterocycles. The molecule has 0 saturated carbocycles. The number of rotatable bonds is 11. The lowest BCUT2D eigenvalue weighted by Gasteiger charge is -2.38. The summed E-state index contributed by atoms with van der Waals surface area (Å²) in [7, 11) is -1.57. The summed E-state index contributed by atoms with van der Waals surface area (Å²) in [4.78, 5) is 38.1. The molecule has 4 heterocycles. The highest BCUT2D eigenvalue weighted by molar-refractivity contribution is 7.44. The van der Waals surface area contributed by atoms with Crippen LogP contribution in [0, 0.1) is 18.3 Å². The van der Waals surface area contributed by atoms with Crippen LogP contribution in [0.3, 0.4) is 0 Å². The average molecular weight is 546 g/mol. The van der Waals surface area contributed by atoms with Crippen LogP contribution in [0.1, 0.15) is 59.3 Å². The Labute approximate surface area is 223 Å². The second-order valence-electron chi connectivity index (χ2n) is 10.2. The highest BCUT2D eigenvalue weighted by Crippen LogP contribution is 2.57. The van der Waals surface area contributed by atoms with Gasteiger partial charge in [0.05, 0.1) is 25.6 Å². The smallest absolute Gasteiger partial charge is 0.330 e. The lowest BCUT2D eigenvalue weighted by molar-refractivity contribution is -0.104. The number of fused-ring (bicyclic) bond motifs is 2. The Hall–Kier alpha value is -2.68. The Morgan fingerprint density at radius 1 is 1.34 bits per heavy atom. The van der Waals surface area contributed by atoms with Gasteiger partial charge in [-0.05, 0) is 47.1 Å². The number of ether oxygens (including phenoxy) is 1. The zero-order valence-electron chi connectivity index (χ0n) is 22.7. The van der Waals surface area contributed by atoms with Crippen molar-refractivity contribution in [3.63, 3.8) is 0 Å². The average Bonchev–Trinajstić information content (AvgIpc) is 3.36. The summed E-state index contributed by atoms with van der Waals surface area (Å²) >= 11 is 0. The van der Waals surface area contributed by atoms with Gasteiger partial charge in [-0.2, -0.15) is 5.26 Å². The Balaban J connectivity index is 1.80. The third-order valence-corrected chi connectivity index (χ3v) is 9.13. The van der Waals surface area contributed by atoms with E-state index in [1.807, 2.05) is 13.0 Å². The minimum atomic E-state index is -1.57. The van der Waals surface area contributed by atoms with Crippen LogP contribution in [0.2, 0.25) is 0 Å². The molecule has 1 N–H and O–H groups in total. The van der Waals surface area contributed by atoms with Gasteiger partial charge in [0.1, 0.15) is 29.9 Å². The normalized spacial score (nSPS) is 25.5. The van der Waals surface area contributed by atoms with Crippen LogP contribution < -0.4 is 16.1 Å². The number of hydrogen-bond donors (Lipinski definition) is 1. The summed E-state index contributed by atoms with van der Waals surface area (Å²) in [6.45, 7) is 12.8. The van der Waals surface area contributed by atoms with Gasteiger partial charge in [0.2, 0.25) is 0 Å². The second kappa shape index (κ2) is 11.6. The fourth-order valence-electron chi connectivity index (χ4n) is 5.31. The molecule has 206 valence electrons. The minimum Gasteiger partial charge on any atom is -0.344 e. The van der Waals surface area contributed by atoms with E-state index in [0.29, 0.717) is 24.3 Å². The van der Waals surface area contributed by atoms with Crippen molar-refractivity contribution >= 4 is 14.3 Å². The van der Waals surface area contributed by atoms with Gasteiger partial charge in [0.25, 0.3) is 14.1 Å². The molecule has 0 radical (unpaired) electrons. The summed E-state index contributed by atoms with van der Waals surface area (Å²) in [5.74, 6) is 0.690. The number of hydrogen-bond acceptors (Lipinski definition) is 10. The maximum absolute atomic E-state index is 13.0. The van der Waals surface area contributed by atoms with Crippen LogP contribution in [0.15, 0.2) is 34.4 Å². The van der Waals surface area contributed by atoms with Crippen LogP contribution in [0.4, 0.5) is 5.82 Å². The molecule has 0 spiro atoms. The summed E-state index contributed by atoms with van der Waals surface area (Å²) in [6.07, 6.45) is 4.32. The molecule has 2 aliphatic rings. The number of anilines is 1. The number of aryl methyl sites for hydroxylation is 1. The van der Waals surface area contributed by atoms with Gasteiger partial charge in [-0.25, -0.2) is 19.4 Å². The maximum Gasteiger partial charge on any atom is 0.330 e. The first kappa shape index (κ1) is 28.3. The number of aromatic amines is 1. The predicted octanol–water partition coefficient (Wildman–Crippen LogP) is 2.86. The quantitative estimate of drug-likeness (QED) is 0.331. The third-order valence-electron chi connectivity index (χ3n) is 7.02. The van der Waals surface area contributed by atoms with Crippen molar-refractivity contribution in [2.24, 2.45) is 0 Å². The van der Waals surface area contributed by atoms with E-state index in [4.69, 9.17) is 19.0 Å². The van der Waals surface area contributed by atoms with Crippen LogP contribution in [0.5, 0.6) is 0 Å². The Bertz CT molecular complexity index is 1260. The molecular weight excluding hydrogens is 509 g/mol. The van der Waals surface area contributed by atoms with Gasteiger partial charge >= 0.3 is 5.69 Å². The highest BCUT2D eigenvalue weighted by Gasteiger charge is 2.65. The van der Waals surface area contributed by atoms with E-state index in [9.17, 15) is 9.59 Å². The first-order chi connectivity index (χ1) is 18.1. The molecule has 0 amide bonds. The van der Waals surface area contributed by atoms with Crippen LogP contribution in [-0.2, 0) is 13.8 Å². The molecule has 5 atom stereocenters. The second-order valence-corrected chi connectivity index (χ2v) is 11.6. The fraction of sp³-hybridized carbons (Fsp3) is 0.640. The molecule has 2 bridgehead atoms. The fourth-order valence-corrected chi connectivity index (χ4v) is 7.12. The van der Waals surface area contributed by atoms with E-state index in [1.54, 1.807) is 13.1 Å². The van der Waals surface area contributed by atoms with Crippen molar-refractivity contribution in [3.05, 3.63) is 51.2 Å². The summed E-state index contributed by atoms with van der Waals surface area (Å²) in [5, 5.41) is 9.11. The minimum absolute atomic E-state index is 0.124. The van der Waals surface area contributed by atoms with Crippen molar-refractivity contribution in [2.45, 2.75) is 90.4 Å². The van der Waals surface area contributed by atoms with Crippen molar-refractivity contribution in [1.29, 1.82) is 5.26 Å². The number of morpholine rings is 1. The first-order valence-corrected chi connectivity index (χ1v) is 14.0. The summed E-state index contributed by atoms with van der Waals surface area (Å²) in [5.41, 5.74) is -1.36. The van der Waals surface area contributed by atoms with E-state index in [1.165, 1.54) is 17.1 Å². The van der Waals surface area contributed by atoms with E-state index in [-0.39, 0.29) is 25.1 Å². The van der Waals surface area contributed by atoms with Gasteiger partial charge in [0.15, 0.2) is 6.23 Å². The van der Waals surface area contributed by atoms with Crippen molar-refractivity contribution in [3.8, 4) is 6.07 Å². The lowest BCUT2D eigenvalue weighted by Crippen LogP contribution is -2.48. The Morgan fingerprint density at radius 2 is 2.08 bits per heavy atom. The standard InChI is InChI=1S/C25H36N7O5P/c1-7-25-14-31(19-9-11-27-15-28-19)20(23(36-25)30-13-18(6)22(33)29-24(30)34)21(25)37-38(35-12-8-10-26)32(16(2)3)17(4)5/h9,11,13,15-17,20-21,23H,7-8,12,14H2,1-6H3,(H,29,33,34)/t20-,21+,23-,25+,38?/m1/s1. The number of nitrogens with one attached hydrogen (secondary N) is 1. The molecule has 2 aromatic rings. The first-order valence-electron chi connectivity index (χ1n) is 12.9. The number of nitrogens with zero attached hydrogens (tertiary/aromatic N) is 6. The zero-order chi connectivity index (χ0) is 27.6. The van der Waals surface area contributed by atoms with E-state index >= 15 is 0 Å². The van der Waals surface area contributed by atoms with Crippen LogP contribution in [0.25, 0.3) is 0 Å². The van der Waals surface area contributed by atoms with Gasteiger partial charge in [0, 0.05) is 30.0 Å². The topological polar surface area (TPSA) is 139 Å². The number of H-pyrrole nitrogens is 1. The Morgan fingerprint density at radius 3 is 2.68 bits per heavy atom. The Kier molecular flexibility index (Phi) is 8.65. The monoisotopic (exact) mass is 545 g/mol. The molecular formula is C25H36N7O5P. The largest absolute Gasteiger partial charge is 0.344 e. The predicted molar refractivity (Wildman–Crippen MR) is 142 cm³/mol. The molecule has 13 heteroatoms. The van der Waals surface area contributed by atoms with E-state index < -0.39 is 43.7 Å². The molecule has 2 fully saturated rings. The molecule has 0 aliphatic carbocycles. The lowest BCUT2D eigenvalue weighted by atomic mass is 9.96. The molecule has 0 aromatic carbocycles. The van der Waals surface area contributed by atoms with Crippen LogP contribution >= 0.6 is 8.53 Å². The van der Waals surface area contributed by atoms with Crippen molar-refractivity contribution < 1.29 is 13.8 Å². The summed E-state index contributed by atoms with van der Waals surface area (Å²) in [6, 6.07) is 3.75. The van der Waals surface area contributed by atoms with Gasteiger partial charge in [-0.1, -0.05) is 6.92 Å². The molecule has 2 saturated heterocycles. The highest BCUT2D eigenvalue weighted by atomic mass is 31.2. The zero-order valence-corrected chi connectivity index (χ0v) is 23.6. The van der Waals surface area contributed by atoms with E-state index in [0.717, 1.165) is 0 Å². The number of nitriles is 1. The number of aromatic nitrogens is 4. The molecule has 38 heavy (non-hydrogen) atoms. The molecule has 4 rings (SSSR count). The SMILES string of the molecule is CC[C@@]12CN(c3ccncn3)[C@@H]([C@H](n3cc(C)c(=O)[nH]c3=O)O1)[C@@H]2OP(OCCC#N)N(C(C)C)C(C)C. The molecule has 12 nitrogen and oxygen atoms in total. The molecule has 2 aromatic heterocycles. The molecule has 1 unspecified atom stereocenters. The van der Waals surface area contributed by atoms with Crippen molar-refractivity contribution in [1.82, 2.24) is 24.2 Å². The summed E-state index contributed by atoms with van der Waals surface area (Å²) < 4.78 is 23.4. The van der Waals surface area contributed by atoms with Crippen molar-refractivity contribution in [2.75, 3.05) is 18.1 Å². The van der Waals surface area contributed by atoms with Gasteiger partial charge in [-0.15, -0.1) is 0 Å². The maximum atomic E-state index is 13.0. The van der Waals surface area contributed by atoms with Gasteiger partial charge in [-0.3, -0.25) is 14.3 Å².